The Morgan fingerprint density at radius 1 is 1.13 bits per heavy atom. The minimum absolute atomic E-state index is 0.0324. The number of Topliss-reactive ketones (excluding diaryl/α,β-unsaturated/α-hetero) is 1. The summed E-state index contributed by atoms with van der Waals surface area (Å²) < 4.78 is 11.0. The van der Waals surface area contributed by atoms with Gasteiger partial charge in [-0.2, -0.15) is 0 Å². The first kappa shape index (κ1) is 20.4. The van der Waals surface area contributed by atoms with E-state index in [1.165, 1.54) is 23.6 Å². The van der Waals surface area contributed by atoms with E-state index in [2.05, 4.69) is 4.98 Å². The Hall–Kier alpha value is -3.87. The highest BCUT2D eigenvalue weighted by Gasteiger charge is 2.46. The van der Waals surface area contributed by atoms with Crippen molar-refractivity contribution in [3.05, 3.63) is 89.6 Å². The van der Waals surface area contributed by atoms with Crippen molar-refractivity contribution in [1.82, 2.24) is 9.88 Å². The molecule has 0 spiro atoms. The van der Waals surface area contributed by atoms with Gasteiger partial charge in [-0.25, -0.2) is 0 Å². The third-order valence-corrected chi connectivity index (χ3v) is 5.07. The van der Waals surface area contributed by atoms with Gasteiger partial charge in [-0.3, -0.25) is 14.6 Å². The molecule has 0 bridgehead atoms. The summed E-state index contributed by atoms with van der Waals surface area (Å²) in [5, 5.41) is 11.0. The number of aliphatic hydroxyl groups is 1. The van der Waals surface area contributed by atoms with Gasteiger partial charge >= 0.3 is 0 Å². The standard InChI is InChI=1S/C24H22N2O5/c1-2-13-30-18-7-5-16(6-8-18)21-20(22(27)17-9-11-25-12-10-17)23(28)24(29)26(21)15-19-4-3-14-31-19/h3-12,14,21,27H,2,13,15H2,1H3/b22-20+. The first-order valence-corrected chi connectivity index (χ1v) is 10.0. The van der Waals surface area contributed by atoms with E-state index in [-0.39, 0.29) is 17.9 Å². The average Bonchev–Trinajstić information content (AvgIpc) is 3.41. The highest BCUT2D eigenvalue weighted by Crippen LogP contribution is 2.40. The molecule has 1 amide bonds. The second kappa shape index (κ2) is 8.87. The predicted molar refractivity (Wildman–Crippen MR) is 113 cm³/mol. The second-order valence-electron chi connectivity index (χ2n) is 7.16. The van der Waals surface area contributed by atoms with E-state index >= 15 is 0 Å². The van der Waals surface area contributed by atoms with Gasteiger partial charge in [-0.15, -0.1) is 0 Å². The Morgan fingerprint density at radius 3 is 2.52 bits per heavy atom. The summed E-state index contributed by atoms with van der Waals surface area (Å²) in [6.07, 6.45) is 5.43. The van der Waals surface area contributed by atoms with E-state index in [4.69, 9.17) is 9.15 Å². The summed E-state index contributed by atoms with van der Waals surface area (Å²) in [5.74, 6) is -0.430. The van der Waals surface area contributed by atoms with Gasteiger partial charge < -0.3 is 19.2 Å². The molecular formula is C24H22N2O5. The maximum absolute atomic E-state index is 13.0. The number of carbonyl (C=O) groups excluding carboxylic acids is 2. The molecule has 1 atom stereocenters. The van der Waals surface area contributed by atoms with E-state index in [9.17, 15) is 14.7 Å². The van der Waals surface area contributed by atoms with Crippen LogP contribution in [0.4, 0.5) is 0 Å². The van der Waals surface area contributed by atoms with Gasteiger partial charge in [0, 0.05) is 18.0 Å². The Bertz CT molecular complexity index is 1090. The van der Waals surface area contributed by atoms with E-state index in [0.717, 1.165) is 6.42 Å². The van der Waals surface area contributed by atoms with Crippen LogP contribution in [-0.2, 0) is 16.1 Å². The molecule has 0 radical (unpaired) electrons. The predicted octanol–water partition coefficient (Wildman–Crippen LogP) is 4.09. The normalized spacial score (nSPS) is 17.8. The van der Waals surface area contributed by atoms with Gasteiger partial charge in [0.15, 0.2) is 0 Å². The Labute approximate surface area is 179 Å². The first-order chi connectivity index (χ1) is 15.1. The Morgan fingerprint density at radius 2 is 1.87 bits per heavy atom. The molecule has 0 aliphatic carbocycles. The van der Waals surface area contributed by atoms with E-state index in [0.29, 0.717) is 29.2 Å². The van der Waals surface area contributed by atoms with Gasteiger partial charge in [0.25, 0.3) is 11.7 Å². The topological polar surface area (TPSA) is 92.9 Å². The van der Waals surface area contributed by atoms with Gasteiger partial charge in [0.1, 0.15) is 17.3 Å². The van der Waals surface area contributed by atoms with Crippen molar-refractivity contribution in [3.63, 3.8) is 0 Å². The van der Waals surface area contributed by atoms with Gasteiger partial charge in [0.2, 0.25) is 0 Å². The number of aromatic nitrogens is 1. The minimum Gasteiger partial charge on any atom is -0.507 e. The molecular weight excluding hydrogens is 396 g/mol. The summed E-state index contributed by atoms with van der Waals surface area (Å²) in [4.78, 5) is 31.2. The molecule has 1 unspecified atom stereocenters. The van der Waals surface area contributed by atoms with Crippen molar-refractivity contribution < 1.29 is 23.8 Å². The summed E-state index contributed by atoms with van der Waals surface area (Å²) >= 11 is 0. The van der Waals surface area contributed by atoms with E-state index < -0.39 is 17.7 Å². The molecule has 1 aliphatic heterocycles. The molecule has 2 aromatic heterocycles. The van der Waals surface area contributed by atoms with Gasteiger partial charge in [-0.1, -0.05) is 19.1 Å². The molecule has 1 N–H and O–H groups in total. The van der Waals surface area contributed by atoms with Gasteiger partial charge in [-0.05, 0) is 48.4 Å². The number of ketones is 1. The summed E-state index contributed by atoms with van der Waals surface area (Å²) in [6.45, 7) is 2.72. The Kier molecular flexibility index (Phi) is 5.84. The molecule has 31 heavy (non-hydrogen) atoms. The SMILES string of the molecule is CCCOc1ccc(C2/C(=C(\O)c3ccncc3)C(=O)C(=O)N2Cc2ccco2)cc1. The van der Waals surface area contributed by atoms with Gasteiger partial charge in [0.05, 0.1) is 31.0 Å². The maximum atomic E-state index is 13.0. The molecule has 7 nitrogen and oxygen atoms in total. The number of carbonyl (C=O) groups is 2. The van der Waals surface area contributed by atoms with Crippen LogP contribution in [0, 0.1) is 0 Å². The molecule has 1 fully saturated rings. The largest absolute Gasteiger partial charge is 0.507 e. The fraction of sp³-hybridized carbons (Fsp3) is 0.208. The molecule has 1 aliphatic rings. The highest BCUT2D eigenvalue weighted by atomic mass is 16.5. The quantitative estimate of drug-likeness (QED) is 0.353. The third kappa shape index (κ3) is 4.07. The van der Waals surface area contributed by atoms with Crippen LogP contribution < -0.4 is 4.74 Å². The Balaban J connectivity index is 1.79. The van der Waals surface area contributed by atoms with Crippen molar-refractivity contribution in [3.8, 4) is 5.75 Å². The smallest absolute Gasteiger partial charge is 0.296 e. The monoisotopic (exact) mass is 418 g/mol. The van der Waals surface area contributed by atoms with Crippen molar-refractivity contribution in [1.29, 1.82) is 0 Å². The van der Waals surface area contributed by atoms with Crippen LogP contribution in [0.3, 0.4) is 0 Å². The van der Waals surface area contributed by atoms with Crippen LogP contribution in [0.5, 0.6) is 5.75 Å². The number of ether oxygens (including phenoxy) is 1. The first-order valence-electron chi connectivity index (χ1n) is 10.0. The number of aliphatic hydroxyl groups excluding tert-OH is 1. The lowest BCUT2D eigenvalue weighted by molar-refractivity contribution is -0.140. The molecule has 0 saturated carbocycles. The maximum Gasteiger partial charge on any atom is 0.296 e. The lowest BCUT2D eigenvalue weighted by Crippen LogP contribution is -2.29. The van der Waals surface area contributed by atoms with Crippen molar-refractivity contribution in [2.24, 2.45) is 0 Å². The number of benzene rings is 1. The number of hydrogen-bond acceptors (Lipinski definition) is 6. The van der Waals surface area contributed by atoms with Crippen LogP contribution in [0.15, 0.2) is 77.2 Å². The van der Waals surface area contributed by atoms with Crippen LogP contribution in [0.25, 0.3) is 5.76 Å². The molecule has 158 valence electrons. The number of nitrogens with zero attached hydrogens (tertiary/aromatic N) is 2. The zero-order valence-corrected chi connectivity index (χ0v) is 17.0. The van der Waals surface area contributed by atoms with Crippen LogP contribution >= 0.6 is 0 Å². The summed E-state index contributed by atoms with van der Waals surface area (Å²) in [7, 11) is 0. The number of likely N-dealkylation sites (tertiary alicyclic amines) is 1. The number of rotatable bonds is 7. The molecule has 1 saturated heterocycles. The number of hydrogen-bond donors (Lipinski definition) is 1. The lowest BCUT2D eigenvalue weighted by Gasteiger charge is -2.24. The van der Waals surface area contributed by atoms with E-state index in [1.807, 2.05) is 6.92 Å². The fourth-order valence-electron chi connectivity index (χ4n) is 3.59. The van der Waals surface area contributed by atoms with Crippen LogP contribution in [0.2, 0.25) is 0 Å². The zero-order chi connectivity index (χ0) is 21.8. The highest BCUT2D eigenvalue weighted by molar-refractivity contribution is 6.46. The molecule has 3 aromatic rings. The molecule has 1 aromatic carbocycles. The van der Waals surface area contributed by atoms with Crippen molar-refractivity contribution in [2.45, 2.75) is 25.9 Å². The molecule has 4 rings (SSSR count). The zero-order valence-electron chi connectivity index (χ0n) is 17.0. The van der Waals surface area contributed by atoms with Crippen LogP contribution in [0.1, 0.15) is 36.3 Å². The summed E-state index contributed by atoms with van der Waals surface area (Å²) in [5.41, 5.74) is 1.13. The number of furan rings is 1. The minimum atomic E-state index is -0.765. The average molecular weight is 418 g/mol. The molecule has 7 heteroatoms. The lowest BCUT2D eigenvalue weighted by atomic mass is 9.95. The number of pyridine rings is 1. The third-order valence-electron chi connectivity index (χ3n) is 5.07. The van der Waals surface area contributed by atoms with E-state index in [1.54, 1.807) is 48.5 Å². The van der Waals surface area contributed by atoms with Crippen LogP contribution in [-0.4, -0.2) is 33.3 Å². The molecule has 3 heterocycles. The second-order valence-corrected chi connectivity index (χ2v) is 7.16. The summed E-state index contributed by atoms with van der Waals surface area (Å²) in [6, 6.07) is 13.1. The number of amides is 1. The van der Waals surface area contributed by atoms with Crippen molar-refractivity contribution in [2.75, 3.05) is 6.61 Å². The fourth-order valence-corrected chi connectivity index (χ4v) is 3.59. The van der Waals surface area contributed by atoms with Crippen molar-refractivity contribution >= 4 is 17.4 Å².